The van der Waals surface area contributed by atoms with E-state index >= 15 is 0 Å². The first-order chi connectivity index (χ1) is 1.73. The van der Waals surface area contributed by atoms with E-state index in [1.807, 2.05) is 0 Å². The van der Waals surface area contributed by atoms with Crippen molar-refractivity contribution >= 4 is 45.2 Å². The first kappa shape index (κ1) is 5.46. The molecule has 0 saturated carbocycles. The minimum atomic E-state index is 1.36. The molecular formula is C2H3I2. The van der Waals surface area contributed by atoms with Gasteiger partial charge in [0, 0.05) is 0 Å². The minimum absolute atomic E-state index is 1.36. The molecule has 0 aromatic heterocycles. The highest BCUT2D eigenvalue weighted by atomic mass is 127. The van der Waals surface area contributed by atoms with Gasteiger partial charge in [-0.15, -0.1) is 0 Å². The zero-order chi connectivity index (χ0) is 3.58. The van der Waals surface area contributed by atoms with Gasteiger partial charge in [-0.3, -0.25) is 0 Å². The van der Waals surface area contributed by atoms with Crippen molar-refractivity contribution in [2.24, 2.45) is 0 Å². The maximum Gasteiger partial charge on any atom is 0.0938 e. The van der Waals surface area contributed by atoms with Crippen molar-refractivity contribution in [3.63, 3.8) is 0 Å². The molecule has 0 bridgehead atoms. The van der Waals surface area contributed by atoms with Gasteiger partial charge in [0.15, 0.2) is 0 Å². The van der Waals surface area contributed by atoms with E-state index in [2.05, 4.69) is 52.1 Å². The molecule has 0 saturated heterocycles. The Morgan fingerprint density at radius 1 is 1.50 bits per heavy atom. The van der Waals surface area contributed by atoms with Gasteiger partial charge in [0.05, 0.1) is 1.93 Å². The summed E-state index contributed by atoms with van der Waals surface area (Å²) in [5.41, 5.74) is 0. The Hall–Kier alpha value is 1.46. The Kier molecular flexibility index (Phi) is 3.66. The molecule has 4 heavy (non-hydrogen) atoms. The fraction of sp³-hybridized carbons (Fsp3) is 0.500. The lowest BCUT2D eigenvalue weighted by Gasteiger charge is -1.71. The number of rotatable bonds is 0. The average Bonchev–Trinajstić information content (AvgIpc) is 0.811. The minimum Gasteiger partial charge on any atom is -0.0652 e. The van der Waals surface area contributed by atoms with Crippen LogP contribution in [0, 0.1) is 1.93 Å². The van der Waals surface area contributed by atoms with E-state index in [0.29, 0.717) is 0 Å². The smallest absolute Gasteiger partial charge is 0.0652 e. The normalized spacial score (nSPS) is 9.00. The third-order valence-corrected chi connectivity index (χ3v) is 0. The van der Waals surface area contributed by atoms with Crippen LogP contribution in [0.5, 0.6) is 0 Å². The van der Waals surface area contributed by atoms with Crippen molar-refractivity contribution in [2.75, 3.05) is 0 Å². The van der Waals surface area contributed by atoms with Crippen molar-refractivity contribution in [1.29, 1.82) is 0 Å². The van der Waals surface area contributed by atoms with Gasteiger partial charge < -0.3 is 0 Å². The van der Waals surface area contributed by atoms with Crippen LogP contribution in [0.4, 0.5) is 0 Å². The second-order valence-corrected chi connectivity index (χ2v) is 5.75. The van der Waals surface area contributed by atoms with E-state index < -0.39 is 0 Å². The first-order valence-corrected chi connectivity index (χ1v) is 3.04. The van der Waals surface area contributed by atoms with Gasteiger partial charge in [-0.25, -0.2) is 0 Å². The second-order valence-electron chi connectivity index (χ2n) is 0.449. The van der Waals surface area contributed by atoms with Crippen LogP contribution in [0.1, 0.15) is 6.92 Å². The fourth-order valence-electron chi connectivity index (χ4n) is 0. The Morgan fingerprint density at radius 2 is 1.50 bits per heavy atom. The van der Waals surface area contributed by atoms with Gasteiger partial charge in [0.2, 0.25) is 0 Å². The molecule has 0 unspecified atom stereocenters. The Balaban J connectivity index is 2.32. The summed E-state index contributed by atoms with van der Waals surface area (Å²) < 4.78 is 1.36. The molecule has 0 aliphatic heterocycles. The lowest BCUT2D eigenvalue weighted by molar-refractivity contribution is 1.75. The van der Waals surface area contributed by atoms with Crippen molar-refractivity contribution < 1.29 is 0 Å². The third kappa shape index (κ3) is 9.82. The molecule has 0 nitrogen and oxygen atoms in total. The van der Waals surface area contributed by atoms with E-state index in [0.717, 1.165) is 0 Å². The molecule has 0 rings (SSSR count). The molecule has 0 aliphatic rings. The van der Waals surface area contributed by atoms with Gasteiger partial charge in [0.1, 0.15) is 0 Å². The molecule has 0 amide bonds. The predicted molar refractivity (Wildman–Crippen MR) is 37.0 cm³/mol. The summed E-state index contributed by atoms with van der Waals surface area (Å²) in [7, 11) is 0. The zero-order valence-electron chi connectivity index (χ0n) is 2.26. The molecule has 0 spiro atoms. The van der Waals surface area contributed by atoms with Crippen molar-refractivity contribution in [2.45, 2.75) is 6.92 Å². The molecule has 0 heterocycles. The monoisotopic (exact) mass is 281 g/mol. The molecule has 0 fully saturated rings. The number of hydrogen-bond donors (Lipinski definition) is 0. The van der Waals surface area contributed by atoms with Crippen LogP contribution in [0.15, 0.2) is 0 Å². The molecule has 2 heteroatoms. The Bertz CT molecular complexity index is 8.75. The number of hydrogen-bond acceptors (Lipinski definition) is 0. The van der Waals surface area contributed by atoms with Gasteiger partial charge in [0.25, 0.3) is 0 Å². The van der Waals surface area contributed by atoms with Gasteiger partial charge in [-0.05, 0) is 6.92 Å². The van der Waals surface area contributed by atoms with Gasteiger partial charge >= 0.3 is 0 Å². The van der Waals surface area contributed by atoms with E-state index in [-0.39, 0.29) is 0 Å². The lowest BCUT2D eigenvalue weighted by atomic mass is 11.0. The largest absolute Gasteiger partial charge is 0.0938 e. The van der Waals surface area contributed by atoms with Crippen LogP contribution >= 0.6 is 45.2 Å². The molecule has 0 aromatic carbocycles. The summed E-state index contributed by atoms with van der Waals surface area (Å²) in [6.07, 6.45) is 0. The van der Waals surface area contributed by atoms with Crippen molar-refractivity contribution in [3.05, 3.63) is 1.93 Å². The summed E-state index contributed by atoms with van der Waals surface area (Å²) in [4.78, 5) is 0. The molecule has 0 N–H and O–H groups in total. The summed E-state index contributed by atoms with van der Waals surface area (Å²) in [5.74, 6) is 0. The van der Waals surface area contributed by atoms with Crippen LogP contribution in [0.3, 0.4) is 0 Å². The Labute approximate surface area is 53.6 Å². The third-order valence-electron chi connectivity index (χ3n) is 0. The van der Waals surface area contributed by atoms with E-state index in [1.165, 1.54) is 1.93 Å². The van der Waals surface area contributed by atoms with Crippen LogP contribution in [0.25, 0.3) is 0 Å². The van der Waals surface area contributed by atoms with Gasteiger partial charge in [-0.2, -0.15) is 0 Å². The summed E-state index contributed by atoms with van der Waals surface area (Å²) in [5, 5.41) is 0. The molecule has 0 atom stereocenters. The summed E-state index contributed by atoms with van der Waals surface area (Å²) >= 11 is 4.49. The fourth-order valence-corrected chi connectivity index (χ4v) is 0. The summed E-state index contributed by atoms with van der Waals surface area (Å²) in [6, 6.07) is 0. The van der Waals surface area contributed by atoms with E-state index in [4.69, 9.17) is 0 Å². The standard InChI is InChI=1S/C2H3I2/c1-2(3)4/h1H3. The second kappa shape index (κ2) is 2.68. The topological polar surface area (TPSA) is 0 Å². The van der Waals surface area contributed by atoms with Crippen LogP contribution < -0.4 is 0 Å². The summed E-state index contributed by atoms with van der Waals surface area (Å²) in [6.45, 7) is 2.06. The highest BCUT2D eigenvalue weighted by Crippen LogP contribution is 2.16. The van der Waals surface area contributed by atoms with Crippen molar-refractivity contribution in [1.82, 2.24) is 0 Å². The van der Waals surface area contributed by atoms with Crippen LogP contribution in [0.2, 0.25) is 0 Å². The van der Waals surface area contributed by atoms with Crippen molar-refractivity contribution in [3.8, 4) is 0 Å². The highest BCUT2D eigenvalue weighted by molar-refractivity contribution is 14.2. The van der Waals surface area contributed by atoms with Gasteiger partial charge in [-0.1, -0.05) is 45.2 Å². The average molecular weight is 281 g/mol. The first-order valence-electron chi connectivity index (χ1n) is 0.878. The van der Waals surface area contributed by atoms with Crippen LogP contribution in [-0.2, 0) is 0 Å². The molecular weight excluding hydrogens is 278 g/mol. The Morgan fingerprint density at radius 3 is 1.50 bits per heavy atom. The maximum absolute atomic E-state index is 2.25. The molecule has 0 aromatic rings. The van der Waals surface area contributed by atoms with Crippen LogP contribution in [-0.4, -0.2) is 0 Å². The van der Waals surface area contributed by atoms with E-state index in [9.17, 15) is 0 Å². The molecule has 0 aliphatic carbocycles. The SMILES string of the molecule is C[C](I)I. The highest BCUT2D eigenvalue weighted by Gasteiger charge is 1.75. The number of halogens is 2. The molecule has 25 valence electrons. The quantitative estimate of drug-likeness (QED) is 0.598. The predicted octanol–water partition coefficient (Wildman–Crippen LogP) is 2.37. The molecule has 1 radical (unpaired) electrons. The lowest BCUT2D eigenvalue weighted by Crippen LogP contribution is -1.42. The van der Waals surface area contributed by atoms with E-state index in [1.54, 1.807) is 0 Å². The maximum atomic E-state index is 2.25. The zero-order valence-corrected chi connectivity index (χ0v) is 6.57.